The van der Waals surface area contributed by atoms with E-state index in [1.165, 1.54) is 0 Å². The molecule has 3 heteroatoms. The van der Waals surface area contributed by atoms with Gasteiger partial charge in [0.15, 0.2) is 0 Å². The van der Waals surface area contributed by atoms with Gasteiger partial charge < -0.3 is 10.1 Å². The predicted octanol–water partition coefficient (Wildman–Crippen LogP) is 3.27. The lowest BCUT2D eigenvalue weighted by Crippen LogP contribution is -2.33. The molecule has 0 aromatic heterocycles. The quantitative estimate of drug-likeness (QED) is 0.886. The Kier molecular flexibility index (Phi) is 4.36. The molecule has 0 aliphatic carbocycles. The smallest absolute Gasteiger partial charge is 0.128 e. The number of rotatable bonds is 4. The first-order valence-corrected chi connectivity index (χ1v) is 6.75. The van der Waals surface area contributed by atoms with Gasteiger partial charge in [-0.05, 0) is 50.4 Å². The van der Waals surface area contributed by atoms with Gasteiger partial charge in [-0.1, -0.05) is 13.0 Å². The molecule has 1 aliphatic heterocycles. The number of halogens is 1. The fraction of sp³-hybridized carbons (Fsp3) is 0.600. The van der Waals surface area contributed by atoms with Crippen LogP contribution in [-0.2, 0) is 4.74 Å². The van der Waals surface area contributed by atoms with Crippen LogP contribution < -0.4 is 5.32 Å². The highest BCUT2D eigenvalue weighted by Crippen LogP contribution is 2.31. The summed E-state index contributed by atoms with van der Waals surface area (Å²) in [5, 5.41) is 3.38. The van der Waals surface area contributed by atoms with Crippen LogP contribution in [0.25, 0.3) is 0 Å². The number of nitrogens with one attached hydrogen (secondary N) is 1. The van der Waals surface area contributed by atoms with Crippen LogP contribution in [0.2, 0.25) is 0 Å². The number of hydrogen-bond donors (Lipinski definition) is 1. The molecule has 0 bridgehead atoms. The van der Waals surface area contributed by atoms with Gasteiger partial charge in [-0.3, -0.25) is 0 Å². The highest BCUT2D eigenvalue weighted by molar-refractivity contribution is 5.35. The van der Waals surface area contributed by atoms with E-state index in [4.69, 9.17) is 4.74 Å². The van der Waals surface area contributed by atoms with Gasteiger partial charge in [-0.2, -0.15) is 0 Å². The van der Waals surface area contributed by atoms with Crippen LogP contribution in [0.1, 0.15) is 42.5 Å². The van der Waals surface area contributed by atoms with Gasteiger partial charge in [0.05, 0.1) is 12.1 Å². The average Bonchev–Trinajstić information content (AvgIpc) is 2.79. The van der Waals surface area contributed by atoms with Gasteiger partial charge in [0, 0.05) is 12.2 Å². The van der Waals surface area contributed by atoms with Crippen molar-refractivity contribution < 1.29 is 9.13 Å². The van der Waals surface area contributed by atoms with E-state index in [-0.39, 0.29) is 18.0 Å². The van der Waals surface area contributed by atoms with Crippen LogP contribution in [-0.4, -0.2) is 19.3 Å². The van der Waals surface area contributed by atoms with Crippen LogP contribution in [0.5, 0.6) is 0 Å². The molecule has 1 saturated heterocycles. The molecule has 2 nitrogen and oxygen atoms in total. The van der Waals surface area contributed by atoms with Gasteiger partial charge in [0.1, 0.15) is 5.82 Å². The van der Waals surface area contributed by atoms with E-state index >= 15 is 0 Å². The summed E-state index contributed by atoms with van der Waals surface area (Å²) < 4.78 is 20.0. The molecular formula is C15H22FNO. The summed E-state index contributed by atoms with van der Waals surface area (Å²) in [6.45, 7) is 7.55. The molecule has 1 aromatic rings. The molecule has 0 spiro atoms. The van der Waals surface area contributed by atoms with Gasteiger partial charge in [-0.25, -0.2) is 4.39 Å². The molecular weight excluding hydrogens is 229 g/mol. The summed E-state index contributed by atoms with van der Waals surface area (Å²) in [6, 6.07) is 3.62. The van der Waals surface area contributed by atoms with Crippen LogP contribution in [0.4, 0.5) is 4.39 Å². The van der Waals surface area contributed by atoms with Crippen molar-refractivity contribution in [3.8, 4) is 0 Å². The topological polar surface area (TPSA) is 21.3 Å². The maximum atomic E-state index is 14.2. The minimum Gasteiger partial charge on any atom is -0.376 e. The lowest BCUT2D eigenvalue weighted by atomic mass is 9.93. The van der Waals surface area contributed by atoms with Crippen molar-refractivity contribution in [3.63, 3.8) is 0 Å². The maximum absolute atomic E-state index is 14.2. The molecule has 100 valence electrons. The molecule has 2 unspecified atom stereocenters. The van der Waals surface area contributed by atoms with Gasteiger partial charge in [0.2, 0.25) is 0 Å². The summed E-state index contributed by atoms with van der Waals surface area (Å²) in [6.07, 6.45) is 2.17. The Balaban J connectivity index is 2.35. The normalized spacial score (nSPS) is 21.2. The number of ether oxygens (including phenoxy) is 1. The zero-order chi connectivity index (χ0) is 13.1. The van der Waals surface area contributed by atoms with E-state index in [1.54, 1.807) is 6.07 Å². The van der Waals surface area contributed by atoms with E-state index in [0.717, 1.165) is 42.7 Å². The number of benzene rings is 1. The molecule has 2 atom stereocenters. The van der Waals surface area contributed by atoms with Gasteiger partial charge in [0.25, 0.3) is 0 Å². The molecule has 2 rings (SSSR count). The summed E-state index contributed by atoms with van der Waals surface area (Å²) in [5.74, 6) is -0.117. The van der Waals surface area contributed by atoms with Crippen LogP contribution in [0.3, 0.4) is 0 Å². The summed E-state index contributed by atoms with van der Waals surface area (Å²) in [4.78, 5) is 0. The zero-order valence-electron chi connectivity index (χ0n) is 11.4. The van der Waals surface area contributed by atoms with Crippen molar-refractivity contribution in [2.45, 2.75) is 45.8 Å². The van der Waals surface area contributed by atoms with Gasteiger partial charge >= 0.3 is 0 Å². The van der Waals surface area contributed by atoms with Crippen LogP contribution in [0, 0.1) is 19.7 Å². The Hall–Kier alpha value is -0.930. The van der Waals surface area contributed by atoms with Crippen LogP contribution >= 0.6 is 0 Å². The van der Waals surface area contributed by atoms with Crippen molar-refractivity contribution in [3.05, 3.63) is 34.6 Å². The Morgan fingerprint density at radius 1 is 1.44 bits per heavy atom. The number of hydrogen-bond acceptors (Lipinski definition) is 2. The first kappa shape index (κ1) is 13.5. The third kappa shape index (κ3) is 2.73. The molecule has 1 N–H and O–H groups in total. The van der Waals surface area contributed by atoms with E-state index in [0.29, 0.717) is 0 Å². The predicted molar refractivity (Wildman–Crippen MR) is 71.3 cm³/mol. The maximum Gasteiger partial charge on any atom is 0.128 e. The van der Waals surface area contributed by atoms with E-state index in [9.17, 15) is 4.39 Å². The summed E-state index contributed by atoms with van der Waals surface area (Å²) in [7, 11) is 0. The Bertz CT molecular complexity index is 390. The third-order valence-electron chi connectivity index (χ3n) is 3.55. The second-order valence-electron chi connectivity index (χ2n) is 5.06. The first-order chi connectivity index (χ1) is 8.63. The lowest BCUT2D eigenvalue weighted by Gasteiger charge is -2.26. The third-order valence-corrected chi connectivity index (χ3v) is 3.55. The number of aryl methyl sites for hydroxylation is 2. The highest BCUT2D eigenvalue weighted by atomic mass is 19.1. The van der Waals surface area contributed by atoms with E-state index < -0.39 is 0 Å². The van der Waals surface area contributed by atoms with E-state index in [1.807, 2.05) is 26.8 Å². The van der Waals surface area contributed by atoms with Crippen molar-refractivity contribution in [2.75, 3.05) is 13.2 Å². The fourth-order valence-electron chi connectivity index (χ4n) is 2.83. The second-order valence-corrected chi connectivity index (χ2v) is 5.06. The molecule has 18 heavy (non-hydrogen) atoms. The second kappa shape index (κ2) is 5.81. The summed E-state index contributed by atoms with van der Waals surface area (Å²) >= 11 is 0. The monoisotopic (exact) mass is 251 g/mol. The molecule has 1 aliphatic rings. The average molecular weight is 251 g/mol. The molecule has 1 aromatic carbocycles. The van der Waals surface area contributed by atoms with Gasteiger partial charge in [-0.15, -0.1) is 0 Å². The Morgan fingerprint density at radius 3 is 2.78 bits per heavy atom. The van der Waals surface area contributed by atoms with E-state index in [2.05, 4.69) is 5.32 Å². The molecule has 0 amide bonds. The Labute approximate surface area is 109 Å². The Morgan fingerprint density at radius 2 is 2.22 bits per heavy atom. The van der Waals surface area contributed by atoms with Crippen LogP contribution in [0.15, 0.2) is 12.1 Å². The number of likely N-dealkylation sites (N-methyl/N-ethyl adjacent to an activating group) is 1. The van der Waals surface area contributed by atoms with Crippen molar-refractivity contribution in [1.29, 1.82) is 0 Å². The standard InChI is InChI=1S/C15H22FNO/c1-4-17-15(13-6-5-7-18-13)14-11(3)8-10(2)9-12(14)16/h8-9,13,15,17H,4-7H2,1-3H3. The highest BCUT2D eigenvalue weighted by Gasteiger charge is 2.29. The molecule has 1 heterocycles. The minimum absolute atomic E-state index is 0.0295. The van der Waals surface area contributed by atoms with Crippen molar-refractivity contribution in [2.24, 2.45) is 0 Å². The van der Waals surface area contributed by atoms with Crippen molar-refractivity contribution >= 4 is 0 Å². The van der Waals surface area contributed by atoms with Crippen molar-refractivity contribution in [1.82, 2.24) is 5.32 Å². The largest absolute Gasteiger partial charge is 0.376 e. The summed E-state index contributed by atoms with van der Waals surface area (Å²) in [5.41, 5.74) is 2.75. The molecule has 0 radical (unpaired) electrons. The molecule has 1 fully saturated rings. The molecule has 0 saturated carbocycles. The minimum atomic E-state index is -0.117. The fourth-order valence-corrected chi connectivity index (χ4v) is 2.83. The zero-order valence-corrected chi connectivity index (χ0v) is 11.4. The lowest BCUT2D eigenvalue weighted by molar-refractivity contribution is 0.0774. The SMILES string of the molecule is CCNC(c1c(C)cc(C)cc1F)C1CCCO1. The first-order valence-electron chi connectivity index (χ1n) is 6.75.